The molecule has 3 unspecified atom stereocenters. The van der Waals surface area contributed by atoms with Crippen molar-refractivity contribution in [3.8, 4) is 0 Å². The monoisotopic (exact) mass is 287 g/mol. The van der Waals surface area contributed by atoms with Gasteiger partial charge in [0.05, 0.1) is 6.54 Å². The normalized spacial score (nSPS) is 35.1. The molecule has 3 N–H and O–H groups in total. The third-order valence-corrected chi connectivity index (χ3v) is 5.08. The average Bonchev–Trinajstić information content (AvgIpc) is 3.00. The first-order valence-corrected chi connectivity index (χ1v) is 7.49. The van der Waals surface area contributed by atoms with Crippen molar-refractivity contribution in [2.45, 2.75) is 50.6 Å². The molecule has 3 aliphatic rings. The zero-order chi connectivity index (χ0) is 12.5. The summed E-state index contributed by atoms with van der Waals surface area (Å²) in [7, 11) is 0. The fourth-order valence-electron chi connectivity index (χ4n) is 4.08. The lowest BCUT2D eigenvalue weighted by atomic mass is 9.98. The van der Waals surface area contributed by atoms with Gasteiger partial charge in [-0.1, -0.05) is 12.8 Å². The third-order valence-electron chi connectivity index (χ3n) is 5.08. The number of nitrogens with two attached hydrogens (primary N) is 1. The molecule has 3 rings (SSSR count). The number of nitrogens with one attached hydrogen (secondary N) is 1. The van der Waals surface area contributed by atoms with Crippen molar-refractivity contribution >= 4 is 18.3 Å². The Balaban J connectivity index is 0.00000133. The second-order valence-corrected chi connectivity index (χ2v) is 6.41. The number of carbonyl (C=O) groups excluding carboxylic acids is 1. The first-order valence-electron chi connectivity index (χ1n) is 7.49. The van der Waals surface area contributed by atoms with Crippen molar-refractivity contribution in [2.24, 2.45) is 17.6 Å². The number of nitrogens with zero attached hydrogens (tertiary/aromatic N) is 1. The molecule has 1 amide bonds. The topological polar surface area (TPSA) is 58.4 Å². The molecule has 3 fully saturated rings. The average molecular weight is 288 g/mol. The number of rotatable bonds is 3. The van der Waals surface area contributed by atoms with Crippen LogP contribution in [0.1, 0.15) is 38.5 Å². The number of fused-ring (bicyclic) bond motifs is 1. The molecule has 110 valence electrons. The Morgan fingerprint density at radius 3 is 2.58 bits per heavy atom. The largest absolute Gasteiger partial charge is 0.352 e. The summed E-state index contributed by atoms with van der Waals surface area (Å²) >= 11 is 0. The molecule has 1 aliphatic heterocycles. The maximum absolute atomic E-state index is 12.0. The van der Waals surface area contributed by atoms with Gasteiger partial charge in [0.1, 0.15) is 0 Å². The van der Waals surface area contributed by atoms with Crippen molar-refractivity contribution in [1.82, 2.24) is 10.2 Å². The predicted octanol–water partition coefficient (Wildman–Crippen LogP) is 1.14. The van der Waals surface area contributed by atoms with Gasteiger partial charge in [-0.25, -0.2) is 0 Å². The standard InChI is InChI=1S/C14H25N3O.ClH/c15-13-6-5-10-7-17(8-12(10)13)9-14(18)16-11-3-1-2-4-11;/h10-13H,1-9,15H2,(H,16,18);1H. The van der Waals surface area contributed by atoms with Gasteiger partial charge < -0.3 is 11.1 Å². The molecule has 19 heavy (non-hydrogen) atoms. The Bertz CT molecular complexity index is 320. The highest BCUT2D eigenvalue weighted by Crippen LogP contribution is 2.36. The summed E-state index contributed by atoms with van der Waals surface area (Å²) in [6.45, 7) is 2.69. The van der Waals surface area contributed by atoms with E-state index in [-0.39, 0.29) is 18.3 Å². The summed E-state index contributed by atoms with van der Waals surface area (Å²) in [4.78, 5) is 14.3. The minimum Gasteiger partial charge on any atom is -0.352 e. The number of carbonyl (C=O) groups is 1. The lowest BCUT2D eigenvalue weighted by molar-refractivity contribution is -0.122. The second kappa shape index (κ2) is 6.42. The highest BCUT2D eigenvalue weighted by atomic mass is 35.5. The number of amides is 1. The Hall–Kier alpha value is -0.320. The van der Waals surface area contributed by atoms with Gasteiger partial charge in [-0.3, -0.25) is 9.69 Å². The van der Waals surface area contributed by atoms with E-state index >= 15 is 0 Å². The lowest BCUT2D eigenvalue weighted by Gasteiger charge is -2.19. The lowest BCUT2D eigenvalue weighted by Crippen LogP contribution is -2.41. The Morgan fingerprint density at radius 2 is 1.89 bits per heavy atom. The molecule has 0 bridgehead atoms. The summed E-state index contributed by atoms with van der Waals surface area (Å²) in [5.41, 5.74) is 6.12. The smallest absolute Gasteiger partial charge is 0.234 e. The highest BCUT2D eigenvalue weighted by molar-refractivity contribution is 5.85. The molecule has 1 heterocycles. The number of halogens is 1. The molecule has 1 saturated heterocycles. The Labute approximate surface area is 121 Å². The first kappa shape index (κ1) is 15.1. The molecule has 4 nitrogen and oxygen atoms in total. The fourth-order valence-corrected chi connectivity index (χ4v) is 4.08. The van der Waals surface area contributed by atoms with Crippen LogP contribution in [0.3, 0.4) is 0 Å². The van der Waals surface area contributed by atoms with Crippen molar-refractivity contribution in [1.29, 1.82) is 0 Å². The summed E-state index contributed by atoms with van der Waals surface area (Å²) in [6, 6.07) is 0.819. The summed E-state index contributed by atoms with van der Waals surface area (Å²) in [5, 5.41) is 3.17. The quantitative estimate of drug-likeness (QED) is 0.818. The van der Waals surface area contributed by atoms with E-state index in [0.717, 1.165) is 19.0 Å². The van der Waals surface area contributed by atoms with E-state index in [1.54, 1.807) is 0 Å². The van der Waals surface area contributed by atoms with Crippen LogP contribution in [0.2, 0.25) is 0 Å². The Kier molecular flexibility index (Phi) is 5.09. The van der Waals surface area contributed by atoms with Crippen molar-refractivity contribution in [3.05, 3.63) is 0 Å². The molecule has 5 heteroatoms. The van der Waals surface area contributed by atoms with E-state index in [1.807, 2.05) is 0 Å². The molecule has 0 aromatic heterocycles. The molecule has 0 spiro atoms. The van der Waals surface area contributed by atoms with E-state index in [4.69, 9.17) is 5.73 Å². The summed E-state index contributed by atoms with van der Waals surface area (Å²) in [5.74, 6) is 1.61. The maximum atomic E-state index is 12.0. The number of hydrogen-bond donors (Lipinski definition) is 2. The van der Waals surface area contributed by atoms with Crippen molar-refractivity contribution in [2.75, 3.05) is 19.6 Å². The molecule has 0 aromatic rings. The molecule has 2 saturated carbocycles. The van der Waals surface area contributed by atoms with Crippen LogP contribution in [0.15, 0.2) is 0 Å². The van der Waals surface area contributed by atoms with Crippen LogP contribution >= 0.6 is 12.4 Å². The van der Waals surface area contributed by atoms with Crippen LogP contribution < -0.4 is 11.1 Å². The van der Waals surface area contributed by atoms with Crippen LogP contribution in [-0.2, 0) is 4.79 Å². The van der Waals surface area contributed by atoms with Crippen LogP contribution in [-0.4, -0.2) is 42.5 Å². The van der Waals surface area contributed by atoms with Crippen LogP contribution in [0.5, 0.6) is 0 Å². The van der Waals surface area contributed by atoms with E-state index in [1.165, 1.54) is 38.5 Å². The molecular weight excluding hydrogens is 262 g/mol. The minimum atomic E-state index is 0. The van der Waals surface area contributed by atoms with Gasteiger partial charge in [0.15, 0.2) is 0 Å². The molecule has 0 radical (unpaired) electrons. The summed E-state index contributed by atoms with van der Waals surface area (Å²) in [6.07, 6.45) is 7.31. The predicted molar refractivity (Wildman–Crippen MR) is 78.3 cm³/mol. The van der Waals surface area contributed by atoms with Crippen molar-refractivity contribution < 1.29 is 4.79 Å². The van der Waals surface area contributed by atoms with E-state index < -0.39 is 0 Å². The molecule has 0 aromatic carbocycles. The van der Waals surface area contributed by atoms with Gasteiger partial charge in [0, 0.05) is 25.2 Å². The van der Waals surface area contributed by atoms with Crippen LogP contribution in [0, 0.1) is 11.8 Å². The highest BCUT2D eigenvalue weighted by Gasteiger charge is 2.41. The molecule has 2 aliphatic carbocycles. The molecular formula is C14H26ClN3O. The van der Waals surface area contributed by atoms with Gasteiger partial charge in [-0.05, 0) is 37.5 Å². The van der Waals surface area contributed by atoms with Gasteiger partial charge in [0.2, 0.25) is 5.91 Å². The van der Waals surface area contributed by atoms with Crippen molar-refractivity contribution in [3.63, 3.8) is 0 Å². The molecule has 3 atom stereocenters. The van der Waals surface area contributed by atoms with Gasteiger partial charge in [-0.15, -0.1) is 12.4 Å². The SMILES string of the molecule is Cl.NC1CCC2CN(CC(=O)NC3CCCC3)CC12. The maximum Gasteiger partial charge on any atom is 0.234 e. The fraction of sp³-hybridized carbons (Fsp3) is 0.929. The summed E-state index contributed by atoms with van der Waals surface area (Å²) < 4.78 is 0. The minimum absolute atomic E-state index is 0. The van der Waals surface area contributed by atoms with Gasteiger partial charge >= 0.3 is 0 Å². The number of likely N-dealkylation sites (tertiary alicyclic amines) is 1. The number of hydrogen-bond acceptors (Lipinski definition) is 3. The van der Waals surface area contributed by atoms with Gasteiger partial charge in [-0.2, -0.15) is 0 Å². The third kappa shape index (κ3) is 3.41. The van der Waals surface area contributed by atoms with Gasteiger partial charge in [0.25, 0.3) is 0 Å². The zero-order valence-corrected chi connectivity index (χ0v) is 12.3. The van der Waals surface area contributed by atoms with E-state index in [9.17, 15) is 4.79 Å². The first-order chi connectivity index (χ1) is 8.72. The van der Waals surface area contributed by atoms with E-state index in [0.29, 0.717) is 24.5 Å². The Morgan fingerprint density at radius 1 is 1.16 bits per heavy atom. The zero-order valence-electron chi connectivity index (χ0n) is 11.5. The van der Waals surface area contributed by atoms with Crippen LogP contribution in [0.4, 0.5) is 0 Å². The second-order valence-electron chi connectivity index (χ2n) is 6.41. The van der Waals surface area contributed by atoms with Crippen LogP contribution in [0.25, 0.3) is 0 Å². The van der Waals surface area contributed by atoms with E-state index in [2.05, 4.69) is 10.2 Å².